The number of benzene rings is 1. The molecule has 1 nitrogen and oxygen atoms in total. The largest absolute Gasteiger partial charge is 0.399 e. The van der Waals surface area contributed by atoms with E-state index in [0.29, 0.717) is 0 Å². The van der Waals surface area contributed by atoms with Gasteiger partial charge in [0.25, 0.3) is 0 Å². The molecule has 0 heterocycles. The number of halogens is 1. The van der Waals surface area contributed by atoms with Gasteiger partial charge in [-0.3, -0.25) is 0 Å². The van der Waals surface area contributed by atoms with Crippen molar-refractivity contribution in [3.8, 4) is 0 Å². The summed E-state index contributed by atoms with van der Waals surface area (Å²) in [6, 6.07) is 7.76. The molecule has 2 rings (SSSR count). The van der Waals surface area contributed by atoms with E-state index >= 15 is 0 Å². The number of alkyl halides is 1. The summed E-state index contributed by atoms with van der Waals surface area (Å²) in [5, 5.41) is 0. The van der Waals surface area contributed by atoms with Gasteiger partial charge >= 0.3 is 0 Å². The van der Waals surface area contributed by atoms with Crippen molar-refractivity contribution in [3.63, 3.8) is 0 Å². The van der Waals surface area contributed by atoms with Gasteiger partial charge in [-0.15, -0.1) is 0 Å². The highest BCUT2D eigenvalue weighted by atomic mass is 19.1. The fourth-order valence-electron chi connectivity index (χ4n) is 2.91. The van der Waals surface area contributed by atoms with Crippen LogP contribution in [-0.4, -0.2) is 6.17 Å². The molecular formula is C14H20FN. The molecule has 1 aliphatic carbocycles. The number of nitrogens with two attached hydrogens (primary N) is 1. The van der Waals surface area contributed by atoms with E-state index < -0.39 is 6.17 Å². The minimum atomic E-state index is -0.781. The highest BCUT2D eigenvalue weighted by molar-refractivity contribution is 5.42. The minimum absolute atomic E-state index is 0.258. The summed E-state index contributed by atoms with van der Waals surface area (Å²) in [5.74, 6) is 0. The molecule has 0 aliphatic heterocycles. The highest BCUT2D eigenvalue weighted by Crippen LogP contribution is 2.43. The monoisotopic (exact) mass is 221 g/mol. The molecule has 2 N–H and O–H groups in total. The van der Waals surface area contributed by atoms with E-state index in [4.69, 9.17) is 5.73 Å². The third-order valence-corrected chi connectivity index (χ3v) is 3.99. The van der Waals surface area contributed by atoms with Gasteiger partial charge in [0, 0.05) is 11.1 Å². The lowest BCUT2D eigenvalue weighted by Gasteiger charge is -2.39. The minimum Gasteiger partial charge on any atom is -0.399 e. The molecule has 0 amide bonds. The number of nitrogen functional groups attached to an aromatic ring is 1. The quantitative estimate of drug-likeness (QED) is 0.755. The van der Waals surface area contributed by atoms with Crippen LogP contribution in [0.3, 0.4) is 0 Å². The third kappa shape index (κ3) is 1.93. The SMILES string of the molecule is CC(F)C1(c2ccc(N)cc2)CCCCC1. The summed E-state index contributed by atoms with van der Waals surface area (Å²) in [6.45, 7) is 1.70. The first-order chi connectivity index (χ1) is 7.65. The summed E-state index contributed by atoms with van der Waals surface area (Å²) in [7, 11) is 0. The van der Waals surface area contributed by atoms with Crippen LogP contribution in [-0.2, 0) is 5.41 Å². The molecular weight excluding hydrogens is 201 g/mol. The van der Waals surface area contributed by atoms with E-state index in [1.54, 1.807) is 6.92 Å². The van der Waals surface area contributed by atoms with Crippen LogP contribution in [0.4, 0.5) is 10.1 Å². The van der Waals surface area contributed by atoms with Crippen molar-refractivity contribution in [2.75, 3.05) is 5.73 Å². The molecule has 1 atom stereocenters. The van der Waals surface area contributed by atoms with E-state index in [0.717, 1.165) is 36.9 Å². The first kappa shape index (κ1) is 11.4. The molecule has 1 aromatic rings. The maximum atomic E-state index is 14.0. The zero-order chi connectivity index (χ0) is 11.6. The molecule has 0 radical (unpaired) electrons. The maximum Gasteiger partial charge on any atom is 0.107 e. The van der Waals surface area contributed by atoms with Crippen LogP contribution in [0.25, 0.3) is 0 Å². The molecule has 88 valence electrons. The first-order valence-corrected chi connectivity index (χ1v) is 6.15. The molecule has 0 bridgehead atoms. The second kappa shape index (κ2) is 4.44. The molecule has 0 saturated heterocycles. The summed E-state index contributed by atoms with van der Waals surface area (Å²) in [4.78, 5) is 0. The Balaban J connectivity index is 2.34. The first-order valence-electron chi connectivity index (χ1n) is 6.15. The molecule has 1 aromatic carbocycles. The Bertz CT molecular complexity index is 336. The van der Waals surface area contributed by atoms with Crippen LogP contribution >= 0.6 is 0 Å². The second-order valence-electron chi connectivity index (χ2n) is 4.95. The van der Waals surface area contributed by atoms with E-state index in [-0.39, 0.29) is 5.41 Å². The number of rotatable bonds is 2. The Morgan fingerprint density at radius 3 is 2.19 bits per heavy atom. The summed E-state index contributed by atoms with van der Waals surface area (Å²) >= 11 is 0. The molecule has 1 aliphatic rings. The van der Waals surface area contributed by atoms with Crippen molar-refractivity contribution in [2.24, 2.45) is 0 Å². The van der Waals surface area contributed by atoms with Gasteiger partial charge in [-0.1, -0.05) is 31.4 Å². The molecule has 1 saturated carbocycles. The summed E-state index contributed by atoms with van der Waals surface area (Å²) in [5.41, 5.74) is 7.30. The summed E-state index contributed by atoms with van der Waals surface area (Å²) < 4.78 is 14.0. The lowest BCUT2D eigenvalue weighted by molar-refractivity contribution is 0.151. The van der Waals surface area contributed by atoms with Crippen molar-refractivity contribution in [1.82, 2.24) is 0 Å². The number of hydrogen-bond acceptors (Lipinski definition) is 1. The normalized spacial score (nSPS) is 21.6. The standard InChI is InChI=1S/C14H20FN/c1-11(15)14(9-3-2-4-10-14)12-5-7-13(16)8-6-12/h5-8,11H,2-4,9-10,16H2,1H3. The van der Waals surface area contributed by atoms with Gasteiger partial charge in [-0.05, 0) is 37.5 Å². The number of anilines is 1. The zero-order valence-electron chi connectivity index (χ0n) is 9.88. The zero-order valence-corrected chi connectivity index (χ0v) is 9.88. The lowest BCUT2D eigenvalue weighted by atomic mass is 9.67. The second-order valence-corrected chi connectivity index (χ2v) is 4.95. The van der Waals surface area contributed by atoms with Crippen LogP contribution in [0.15, 0.2) is 24.3 Å². The van der Waals surface area contributed by atoms with Gasteiger partial charge in [-0.25, -0.2) is 4.39 Å². The predicted octanol–water partition coefficient (Wildman–Crippen LogP) is 3.83. The molecule has 0 spiro atoms. The predicted molar refractivity (Wildman–Crippen MR) is 66.2 cm³/mol. The van der Waals surface area contributed by atoms with Crippen LogP contribution in [0.2, 0.25) is 0 Å². The van der Waals surface area contributed by atoms with Gasteiger partial charge in [0.2, 0.25) is 0 Å². The van der Waals surface area contributed by atoms with Gasteiger partial charge in [0.05, 0.1) is 0 Å². The Hall–Kier alpha value is -1.05. The lowest BCUT2D eigenvalue weighted by Crippen LogP contribution is -2.37. The van der Waals surface area contributed by atoms with Crippen LogP contribution in [0.1, 0.15) is 44.6 Å². The van der Waals surface area contributed by atoms with E-state index in [1.165, 1.54) is 6.42 Å². The fourth-order valence-corrected chi connectivity index (χ4v) is 2.91. The molecule has 16 heavy (non-hydrogen) atoms. The molecule has 0 aromatic heterocycles. The van der Waals surface area contributed by atoms with Gasteiger partial charge in [0.15, 0.2) is 0 Å². The van der Waals surface area contributed by atoms with Crippen LogP contribution < -0.4 is 5.73 Å². The van der Waals surface area contributed by atoms with E-state index in [9.17, 15) is 4.39 Å². The number of hydrogen-bond donors (Lipinski definition) is 1. The van der Waals surface area contributed by atoms with Gasteiger partial charge in [-0.2, -0.15) is 0 Å². The van der Waals surface area contributed by atoms with Crippen molar-refractivity contribution in [1.29, 1.82) is 0 Å². The van der Waals surface area contributed by atoms with Crippen LogP contribution in [0.5, 0.6) is 0 Å². The maximum absolute atomic E-state index is 14.0. The van der Waals surface area contributed by atoms with Crippen molar-refractivity contribution >= 4 is 5.69 Å². The average molecular weight is 221 g/mol. The molecule has 1 unspecified atom stereocenters. The van der Waals surface area contributed by atoms with Crippen molar-refractivity contribution in [3.05, 3.63) is 29.8 Å². The summed E-state index contributed by atoms with van der Waals surface area (Å²) in [6.07, 6.45) is 4.67. The highest BCUT2D eigenvalue weighted by Gasteiger charge is 2.39. The van der Waals surface area contributed by atoms with Crippen molar-refractivity contribution < 1.29 is 4.39 Å². The topological polar surface area (TPSA) is 26.0 Å². The van der Waals surface area contributed by atoms with Gasteiger partial charge < -0.3 is 5.73 Å². The molecule has 2 heteroatoms. The van der Waals surface area contributed by atoms with Gasteiger partial charge in [0.1, 0.15) is 6.17 Å². The Morgan fingerprint density at radius 2 is 1.69 bits per heavy atom. The average Bonchev–Trinajstić information content (AvgIpc) is 2.30. The smallest absolute Gasteiger partial charge is 0.107 e. The Kier molecular flexibility index (Phi) is 3.17. The van der Waals surface area contributed by atoms with E-state index in [2.05, 4.69) is 0 Å². The van der Waals surface area contributed by atoms with Crippen molar-refractivity contribution in [2.45, 2.75) is 50.6 Å². The Labute approximate surface area is 96.9 Å². The van der Waals surface area contributed by atoms with E-state index in [1.807, 2.05) is 24.3 Å². The third-order valence-electron chi connectivity index (χ3n) is 3.99. The van der Waals surface area contributed by atoms with Crippen LogP contribution in [0, 0.1) is 0 Å². The molecule has 1 fully saturated rings. The Morgan fingerprint density at radius 1 is 1.12 bits per heavy atom. The fraction of sp³-hybridized carbons (Fsp3) is 0.571.